The molecule has 0 spiro atoms. The summed E-state index contributed by atoms with van der Waals surface area (Å²) >= 11 is 0. The largest absolute Gasteiger partial charge is 0.497 e. The molecule has 1 heterocycles. The molecular weight excluding hydrogens is 340 g/mol. The highest BCUT2D eigenvalue weighted by molar-refractivity contribution is 5.96. The normalized spacial score (nSPS) is 15.4. The maximum atomic E-state index is 12.9. The van der Waals surface area contributed by atoms with E-state index in [0.717, 1.165) is 23.4 Å². The van der Waals surface area contributed by atoms with E-state index >= 15 is 0 Å². The highest BCUT2D eigenvalue weighted by Gasteiger charge is 2.30. The van der Waals surface area contributed by atoms with Gasteiger partial charge < -0.3 is 14.5 Å². The van der Waals surface area contributed by atoms with E-state index in [2.05, 4.69) is 13.0 Å². The monoisotopic (exact) mass is 366 g/mol. The zero-order valence-corrected chi connectivity index (χ0v) is 16.1. The van der Waals surface area contributed by atoms with E-state index in [1.54, 1.807) is 18.9 Å². The molecule has 3 rings (SSSR count). The van der Waals surface area contributed by atoms with E-state index in [9.17, 15) is 9.59 Å². The summed E-state index contributed by atoms with van der Waals surface area (Å²) in [7, 11) is 1.62. The number of hydrogen-bond acceptors (Lipinski definition) is 3. The van der Waals surface area contributed by atoms with Crippen molar-refractivity contribution in [2.75, 3.05) is 18.6 Å². The number of methoxy groups -OCH3 is 1. The van der Waals surface area contributed by atoms with Crippen LogP contribution < -0.4 is 9.64 Å². The summed E-state index contributed by atoms with van der Waals surface area (Å²) in [6, 6.07) is 15.8. The Morgan fingerprint density at radius 3 is 2.52 bits per heavy atom. The molecule has 0 saturated heterocycles. The van der Waals surface area contributed by atoms with E-state index in [-0.39, 0.29) is 17.9 Å². The molecule has 0 radical (unpaired) electrons. The van der Waals surface area contributed by atoms with Crippen LogP contribution in [0.3, 0.4) is 0 Å². The molecule has 1 unspecified atom stereocenters. The molecule has 2 aromatic rings. The van der Waals surface area contributed by atoms with Gasteiger partial charge >= 0.3 is 0 Å². The number of amides is 2. The van der Waals surface area contributed by atoms with Crippen molar-refractivity contribution in [3.8, 4) is 5.75 Å². The number of carbonyl (C=O) groups is 2. The summed E-state index contributed by atoms with van der Waals surface area (Å²) in [5, 5.41) is 0. The van der Waals surface area contributed by atoms with Crippen molar-refractivity contribution in [3.63, 3.8) is 0 Å². The summed E-state index contributed by atoms with van der Waals surface area (Å²) in [5.74, 6) is 0.812. The minimum Gasteiger partial charge on any atom is -0.497 e. The van der Waals surface area contributed by atoms with Gasteiger partial charge in [-0.2, -0.15) is 0 Å². The lowest BCUT2D eigenvalue weighted by Crippen LogP contribution is -2.39. The number of rotatable bonds is 6. The predicted molar refractivity (Wildman–Crippen MR) is 106 cm³/mol. The lowest BCUT2D eigenvalue weighted by atomic mass is 10.1. The Morgan fingerprint density at radius 2 is 1.85 bits per heavy atom. The second kappa shape index (κ2) is 8.25. The molecule has 142 valence electrons. The van der Waals surface area contributed by atoms with Gasteiger partial charge in [0.15, 0.2) is 0 Å². The van der Waals surface area contributed by atoms with Crippen LogP contribution in [-0.4, -0.2) is 36.4 Å². The molecule has 27 heavy (non-hydrogen) atoms. The summed E-state index contributed by atoms with van der Waals surface area (Å²) < 4.78 is 5.17. The van der Waals surface area contributed by atoms with E-state index in [4.69, 9.17) is 4.74 Å². The molecular formula is C22H26N2O3. The first-order chi connectivity index (χ1) is 13.0. The van der Waals surface area contributed by atoms with Crippen LogP contribution in [-0.2, 0) is 22.6 Å². The van der Waals surface area contributed by atoms with Crippen LogP contribution in [0.15, 0.2) is 48.5 Å². The molecule has 5 nitrogen and oxygen atoms in total. The summed E-state index contributed by atoms with van der Waals surface area (Å²) in [4.78, 5) is 28.5. The molecule has 2 amide bonds. The third-order valence-corrected chi connectivity index (χ3v) is 5.05. The minimum atomic E-state index is -0.0338. The Hall–Kier alpha value is -2.82. The molecule has 0 aromatic heterocycles. The average Bonchev–Trinajstić information content (AvgIpc) is 3.00. The van der Waals surface area contributed by atoms with E-state index < -0.39 is 0 Å². The lowest BCUT2D eigenvalue weighted by molar-refractivity contribution is -0.130. The number of para-hydroxylation sites is 1. The van der Waals surface area contributed by atoms with Crippen LogP contribution in [0.2, 0.25) is 0 Å². The van der Waals surface area contributed by atoms with E-state index in [1.165, 1.54) is 5.56 Å². The number of carbonyl (C=O) groups excluding carboxylic acids is 2. The van der Waals surface area contributed by atoms with Crippen LogP contribution in [0, 0.1) is 0 Å². The molecule has 0 bridgehead atoms. The number of benzene rings is 2. The maximum absolute atomic E-state index is 12.9. The Bertz CT molecular complexity index is 817. The third-order valence-electron chi connectivity index (χ3n) is 5.05. The van der Waals surface area contributed by atoms with Crippen LogP contribution in [0.5, 0.6) is 5.75 Å². The molecule has 0 N–H and O–H groups in total. The first-order valence-corrected chi connectivity index (χ1v) is 9.28. The SMILES string of the molecule is COc1ccc(CN(CCC(=O)N2c3ccccc3CC2C)C(C)=O)cc1. The van der Waals surface area contributed by atoms with Gasteiger partial charge in [-0.15, -0.1) is 0 Å². The van der Waals surface area contributed by atoms with Crippen LogP contribution >= 0.6 is 0 Å². The lowest BCUT2D eigenvalue weighted by Gasteiger charge is -2.26. The molecule has 2 aromatic carbocycles. The molecule has 1 atom stereocenters. The fourth-order valence-electron chi connectivity index (χ4n) is 3.60. The van der Waals surface area contributed by atoms with Gasteiger partial charge in [0.25, 0.3) is 0 Å². The first-order valence-electron chi connectivity index (χ1n) is 9.28. The molecule has 5 heteroatoms. The molecule has 0 saturated carbocycles. The predicted octanol–water partition coefficient (Wildman–Crippen LogP) is 3.41. The van der Waals surface area contributed by atoms with Crippen molar-refractivity contribution in [2.24, 2.45) is 0 Å². The Morgan fingerprint density at radius 1 is 1.15 bits per heavy atom. The summed E-state index contributed by atoms with van der Waals surface area (Å²) in [5.41, 5.74) is 3.22. The van der Waals surface area contributed by atoms with Gasteiger partial charge in [0, 0.05) is 38.2 Å². The van der Waals surface area contributed by atoms with Gasteiger partial charge in [-0.3, -0.25) is 9.59 Å². The third kappa shape index (κ3) is 4.30. The molecule has 0 aliphatic carbocycles. The van der Waals surface area contributed by atoms with Gasteiger partial charge in [0.2, 0.25) is 11.8 Å². The van der Waals surface area contributed by atoms with Crippen molar-refractivity contribution in [1.82, 2.24) is 4.90 Å². The van der Waals surface area contributed by atoms with Gasteiger partial charge in [0.1, 0.15) is 5.75 Å². The van der Waals surface area contributed by atoms with Crippen LogP contribution in [0.25, 0.3) is 0 Å². The van der Waals surface area contributed by atoms with Crippen molar-refractivity contribution in [3.05, 3.63) is 59.7 Å². The van der Waals surface area contributed by atoms with Crippen molar-refractivity contribution >= 4 is 17.5 Å². The molecule has 0 fully saturated rings. The van der Waals surface area contributed by atoms with Gasteiger partial charge in [-0.25, -0.2) is 0 Å². The second-order valence-corrected chi connectivity index (χ2v) is 6.98. The average molecular weight is 366 g/mol. The molecule has 1 aliphatic rings. The van der Waals surface area contributed by atoms with Gasteiger partial charge in [-0.05, 0) is 42.7 Å². The van der Waals surface area contributed by atoms with E-state index in [0.29, 0.717) is 19.5 Å². The smallest absolute Gasteiger partial charge is 0.229 e. The molecule has 1 aliphatic heterocycles. The van der Waals surface area contributed by atoms with Crippen LogP contribution in [0.1, 0.15) is 31.4 Å². The van der Waals surface area contributed by atoms with Crippen molar-refractivity contribution < 1.29 is 14.3 Å². The van der Waals surface area contributed by atoms with Crippen LogP contribution in [0.4, 0.5) is 5.69 Å². The van der Waals surface area contributed by atoms with Gasteiger partial charge in [0.05, 0.1) is 7.11 Å². The fraction of sp³-hybridized carbons (Fsp3) is 0.364. The highest BCUT2D eigenvalue weighted by atomic mass is 16.5. The highest BCUT2D eigenvalue weighted by Crippen LogP contribution is 2.32. The Labute approximate surface area is 160 Å². The number of anilines is 1. The number of hydrogen-bond donors (Lipinski definition) is 0. The summed E-state index contributed by atoms with van der Waals surface area (Å²) in [6.45, 7) is 4.50. The quantitative estimate of drug-likeness (QED) is 0.787. The zero-order chi connectivity index (χ0) is 19.4. The number of fused-ring (bicyclic) bond motifs is 1. The Balaban J connectivity index is 1.64. The van der Waals surface area contributed by atoms with Crippen molar-refractivity contribution in [2.45, 2.75) is 39.3 Å². The minimum absolute atomic E-state index is 0.0338. The summed E-state index contributed by atoms with van der Waals surface area (Å²) in [6.07, 6.45) is 1.19. The topological polar surface area (TPSA) is 49.9 Å². The van der Waals surface area contributed by atoms with Gasteiger partial charge in [-0.1, -0.05) is 30.3 Å². The second-order valence-electron chi connectivity index (χ2n) is 6.98. The first kappa shape index (κ1) is 19.0. The fourth-order valence-corrected chi connectivity index (χ4v) is 3.60. The number of nitrogens with zero attached hydrogens (tertiary/aromatic N) is 2. The number of ether oxygens (including phenoxy) is 1. The Kier molecular flexibility index (Phi) is 5.79. The zero-order valence-electron chi connectivity index (χ0n) is 16.1. The van der Waals surface area contributed by atoms with Crippen molar-refractivity contribution in [1.29, 1.82) is 0 Å². The standard InChI is InChI=1S/C22H26N2O3/c1-16-14-19-6-4-5-7-21(19)24(16)22(26)12-13-23(17(2)25)15-18-8-10-20(27-3)11-9-18/h4-11,16H,12-15H2,1-3H3. The maximum Gasteiger partial charge on any atom is 0.229 e. The van der Waals surface area contributed by atoms with E-state index in [1.807, 2.05) is 47.4 Å².